The zero-order valence-corrected chi connectivity index (χ0v) is 14.5. The molecule has 3 heterocycles. The van der Waals surface area contributed by atoms with Crippen LogP contribution >= 0.6 is 0 Å². The van der Waals surface area contributed by atoms with Crippen LogP contribution in [0.3, 0.4) is 0 Å². The van der Waals surface area contributed by atoms with E-state index in [0.29, 0.717) is 26.2 Å². The van der Waals surface area contributed by atoms with Gasteiger partial charge in [0, 0.05) is 55.7 Å². The van der Waals surface area contributed by atoms with Crippen molar-refractivity contribution in [2.24, 2.45) is 11.3 Å². The van der Waals surface area contributed by atoms with Gasteiger partial charge >= 0.3 is 5.97 Å². The van der Waals surface area contributed by atoms with E-state index >= 15 is 0 Å². The molecule has 2 aliphatic heterocycles. The van der Waals surface area contributed by atoms with Crippen LogP contribution in [0.15, 0.2) is 30.5 Å². The number of hydrogen-bond donors (Lipinski definition) is 3. The van der Waals surface area contributed by atoms with Gasteiger partial charge in [0.2, 0.25) is 5.91 Å². The van der Waals surface area contributed by atoms with E-state index in [0.717, 1.165) is 16.5 Å². The Morgan fingerprint density at radius 2 is 2.04 bits per heavy atom. The number of β-amino-alcohol motifs (C(OH)–C–C–N with tert-alkyl or cyclic N) is 1. The zero-order valence-electron chi connectivity index (χ0n) is 14.5. The van der Waals surface area contributed by atoms with Gasteiger partial charge in [-0.15, -0.1) is 0 Å². The first-order chi connectivity index (χ1) is 12.5. The van der Waals surface area contributed by atoms with E-state index in [1.807, 2.05) is 35.4 Å². The number of fused-ring (bicyclic) bond motifs is 2. The van der Waals surface area contributed by atoms with Crippen molar-refractivity contribution in [3.05, 3.63) is 36.0 Å². The summed E-state index contributed by atoms with van der Waals surface area (Å²) in [6.07, 6.45) is 2.13. The number of aliphatic hydroxyl groups excluding tert-OH is 1. The smallest absolute Gasteiger partial charge is 0.313 e. The number of H-pyrrole nitrogens is 1. The van der Waals surface area contributed by atoms with E-state index in [2.05, 4.69) is 4.98 Å². The minimum atomic E-state index is -0.912. The number of rotatable bonds is 5. The zero-order chi connectivity index (χ0) is 18.3. The largest absolute Gasteiger partial charge is 0.481 e. The second-order valence-corrected chi connectivity index (χ2v) is 7.43. The number of aromatic nitrogens is 1. The molecule has 0 radical (unpaired) electrons. The van der Waals surface area contributed by atoms with E-state index in [1.165, 1.54) is 0 Å². The quantitative estimate of drug-likeness (QED) is 0.726. The summed E-state index contributed by atoms with van der Waals surface area (Å²) < 4.78 is 0. The molecule has 0 aliphatic carbocycles. The van der Waals surface area contributed by atoms with Crippen molar-refractivity contribution in [1.29, 1.82) is 0 Å². The molecule has 0 bridgehead atoms. The highest BCUT2D eigenvalue weighted by atomic mass is 16.4. The predicted octanol–water partition coefficient (Wildman–Crippen LogP) is 0.548. The fourth-order valence-corrected chi connectivity index (χ4v) is 4.53. The van der Waals surface area contributed by atoms with Crippen LogP contribution in [0.2, 0.25) is 0 Å². The highest BCUT2D eigenvalue weighted by Crippen LogP contribution is 2.43. The van der Waals surface area contributed by atoms with Gasteiger partial charge in [0.05, 0.1) is 13.0 Å². The monoisotopic (exact) mass is 357 g/mol. The lowest BCUT2D eigenvalue weighted by atomic mass is 9.81. The minimum absolute atomic E-state index is 0.0195. The number of nitrogens with one attached hydrogen (secondary N) is 1. The number of carbonyl (C=O) groups is 2. The lowest BCUT2D eigenvalue weighted by Crippen LogP contribution is -2.42. The topological polar surface area (TPSA) is 96.9 Å². The molecule has 0 unspecified atom stereocenters. The lowest BCUT2D eigenvalue weighted by Gasteiger charge is -2.25. The molecule has 1 amide bonds. The molecule has 2 atom stereocenters. The first-order valence-corrected chi connectivity index (χ1v) is 8.93. The number of nitrogens with zero attached hydrogens (tertiary/aromatic N) is 2. The number of aliphatic carboxylic acids is 1. The number of aromatic amines is 1. The van der Waals surface area contributed by atoms with Crippen LogP contribution < -0.4 is 0 Å². The third-order valence-corrected chi connectivity index (χ3v) is 5.89. The molecule has 2 aromatic rings. The van der Waals surface area contributed by atoms with Crippen LogP contribution in [0.25, 0.3) is 10.9 Å². The van der Waals surface area contributed by atoms with Gasteiger partial charge in [0.1, 0.15) is 5.41 Å². The molecule has 2 aliphatic rings. The van der Waals surface area contributed by atoms with Crippen LogP contribution in [0, 0.1) is 11.3 Å². The molecule has 2 saturated heterocycles. The molecule has 138 valence electrons. The first kappa shape index (κ1) is 17.1. The van der Waals surface area contributed by atoms with E-state index < -0.39 is 11.4 Å². The molecule has 7 heteroatoms. The van der Waals surface area contributed by atoms with Gasteiger partial charge in [0.15, 0.2) is 0 Å². The maximum atomic E-state index is 12.8. The number of carbonyl (C=O) groups excluding carboxylic acids is 1. The fourth-order valence-electron chi connectivity index (χ4n) is 4.53. The van der Waals surface area contributed by atoms with Crippen LogP contribution in [-0.4, -0.2) is 76.2 Å². The Hall–Kier alpha value is -2.38. The number of benzene rings is 1. The molecule has 4 rings (SSSR count). The number of hydrogen-bond acceptors (Lipinski definition) is 4. The Bertz CT molecular complexity index is 848. The number of likely N-dealkylation sites (tertiary alicyclic amines) is 2. The van der Waals surface area contributed by atoms with E-state index in [4.69, 9.17) is 5.11 Å². The van der Waals surface area contributed by atoms with Crippen molar-refractivity contribution in [1.82, 2.24) is 14.8 Å². The second kappa shape index (κ2) is 6.41. The SMILES string of the molecule is O=C(Cc1c[nH]c2ccccc12)N1C[C@H]2CN(CCO)C[C@@]2(C(=O)O)C1. The van der Waals surface area contributed by atoms with Crippen LogP contribution in [-0.2, 0) is 16.0 Å². The van der Waals surface area contributed by atoms with Gasteiger partial charge in [-0.2, -0.15) is 0 Å². The maximum Gasteiger partial charge on any atom is 0.313 e. The lowest BCUT2D eigenvalue weighted by molar-refractivity contribution is -0.149. The molecule has 2 fully saturated rings. The summed E-state index contributed by atoms with van der Waals surface area (Å²) in [5.41, 5.74) is 1.02. The summed E-state index contributed by atoms with van der Waals surface area (Å²) in [6.45, 7) is 2.22. The summed E-state index contributed by atoms with van der Waals surface area (Å²) in [5, 5.41) is 20.0. The highest BCUT2D eigenvalue weighted by molar-refractivity contribution is 5.89. The van der Waals surface area contributed by atoms with E-state index in [1.54, 1.807) is 4.90 Å². The van der Waals surface area contributed by atoms with E-state index in [9.17, 15) is 14.7 Å². The Balaban J connectivity index is 1.50. The maximum absolute atomic E-state index is 12.8. The Kier molecular flexibility index (Phi) is 4.20. The van der Waals surface area contributed by atoms with E-state index in [-0.39, 0.29) is 31.4 Å². The van der Waals surface area contributed by atoms with Crippen molar-refractivity contribution in [3.8, 4) is 0 Å². The molecule has 26 heavy (non-hydrogen) atoms. The fraction of sp³-hybridized carbons (Fsp3) is 0.474. The van der Waals surface area contributed by atoms with Crippen molar-refractivity contribution in [2.75, 3.05) is 39.3 Å². The van der Waals surface area contributed by atoms with Gasteiger partial charge in [-0.05, 0) is 11.6 Å². The third kappa shape index (κ3) is 2.68. The van der Waals surface area contributed by atoms with Crippen molar-refractivity contribution in [3.63, 3.8) is 0 Å². The molecular weight excluding hydrogens is 334 g/mol. The van der Waals surface area contributed by atoms with Crippen LogP contribution in [0.1, 0.15) is 5.56 Å². The first-order valence-electron chi connectivity index (χ1n) is 8.93. The van der Waals surface area contributed by atoms with Crippen molar-refractivity contribution < 1.29 is 19.8 Å². The molecule has 1 aromatic heterocycles. The average Bonchev–Trinajstić information content (AvgIpc) is 3.26. The molecule has 0 spiro atoms. The Labute approximate surface area is 151 Å². The summed E-state index contributed by atoms with van der Waals surface area (Å²) in [4.78, 5) is 31.7. The highest BCUT2D eigenvalue weighted by Gasteiger charge is 2.58. The summed E-state index contributed by atoms with van der Waals surface area (Å²) in [5.74, 6) is -0.956. The number of aliphatic hydroxyl groups is 1. The standard InChI is InChI=1S/C19H23N3O4/c23-6-5-21-9-14-10-22(12-19(14,11-21)18(25)26)17(24)7-13-8-20-16-4-2-1-3-15(13)16/h1-4,8,14,20,23H,5-7,9-12H2,(H,25,26)/t14-,19-/m1/s1. The molecule has 0 saturated carbocycles. The number of carboxylic acid groups (broad SMARTS) is 1. The van der Waals surface area contributed by atoms with Crippen LogP contribution in [0.4, 0.5) is 0 Å². The van der Waals surface area contributed by atoms with Gasteiger partial charge in [-0.3, -0.25) is 14.5 Å². The summed E-state index contributed by atoms with van der Waals surface area (Å²) in [7, 11) is 0. The van der Waals surface area contributed by atoms with Gasteiger partial charge in [0.25, 0.3) is 0 Å². The number of amides is 1. The Morgan fingerprint density at radius 3 is 2.77 bits per heavy atom. The normalized spacial score (nSPS) is 25.7. The average molecular weight is 357 g/mol. The van der Waals surface area contributed by atoms with Gasteiger partial charge < -0.3 is 20.1 Å². The molecule has 3 N–H and O–H groups in total. The molecule has 7 nitrogen and oxygen atoms in total. The summed E-state index contributed by atoms with van der Waals surface area (Å²) in [6, 6.07) is 7.85. The Morgan fingerprint density at radius 1 is 1.23 bits per heavy atom. The predicted molar refractivity (Wildman–Crippen MR) is 95.7 cm³/mol. The van der Waals surface area contributed by atoms with Crippen molar-refractivity contribution >= 4 is 22.8 Å². The number of para-hydroxylation sites is 1. The summed E-state index contributed by atoms with van der Waals surface area (Å²) >= 11 is 0. The van der Waals surface area contributed by atoms with Crippen molar-refractivity contribution in [2.45, 2.75) is 6.42 Å². The minimum Gasteiger partial charge on any atom is -0.481 e. The third-order valence-electron chi connectivity index (χ3n) is 5.89. The van der Waals surface area contributed by atoms with Gasteiger partial charge in [-0.25, -0.2) is 0 Å². The second-order valence-electron chi connectivity index (χ2n) is 7.43. The van der Waals surface area contributed by atoms with Gasteiger partial charge in [-0.1, -0.05) is 18.2 Å². The van der Waals surface area contributed by atoms with Crippen LogP contribution in [0.5, 0.6) is 0 Å². The number of carboxylic acids is 1. The molecule has 1 aromatic carbocycles. The molecular formula is C19H23N3O4.